The molecule has 4 aromatic rings. The Morgan fingerprint density at radius 2 is 1.85 bits per heavy atom. The lowest BCUT2D eigenvalue weighted by molar-refractivity contribution is 0.0150. The predicted octanol–water partition coefficient (Wildman–Crippen LogP) is 6.36. The Morgan fingerprint density at radius 3 is 2.49 bits per heavy atom. The summed E-state index contributed by atoms with van der Waals surface area (Å²) in [6.45, 7) is 11.1. The highest BCUT2D eigenvalue weighted by Gasteiger charge is 2.40. The van der Waals surface area contributed by atoms with Gasteiger partial charge in [0.25, 0.3) is 11.8 Å². The van der Waals surface area contributed by atoms with Crippen LogP contribution in [0.5, 0.6) is 0 Å². The Morgan fingerprint density at radius 1 is 1.08 bits per heavy atom. The van der Waals surface area contributed by atoms with Crippen molar-refractivity contribution < 1.29 is 18.4 Å². The number of carbonyl (C=O) groups is 2. The molecular weight excluding hydrogens is 519 g/mol. The average molecular weight is 549 g/mol. The number of pyridine rings is 2. The third kappa shape index (κ3) is 5.13. The summed E-state index contributed by atoms with van der Waals surface area (Å²) in [6, 6.07) is 11.5. The molecule has 5 rings (SSSR count). The van der Waals surface area contributed by atoms with Gasteiger partial charge in [-0.05, 0) is 49.6 Å². The number of amides is 2. The van der Waals surface area contributed by atoms with Gasteiger partial charge in [-0.3, -0.25) is 14.6 Å². The van der Waals surface area contributed by atoms with E-state index < -0.39 is 11.4 Å². The molecular formula is C30H30ClFN4O3. The lowest BCUT2D eigenvalue weighted by Crippen LogP contribution is -2.62. The number of halogens is 2. The van der Waals surface area contributed by atoms with Crippen LogP contribution in [0.4, 0.5) is 4.39 Å². The van der Waals surface area contributed by atoms with E-state index >= 15 is 0 Å². The first-order valence-corrected chi connectivity index (χ1v) is 13.1. The zero-order chi connectivity index (χ0) is 28.1. The predicted molar refractivity (Wildman–Crippen MR) is 148 cm³/mol. The molecule has 0 aliphatic carbocycles. The SMILES string of the molecule is CC(C)(C)c1cc(-c2ccc(Cl)c(F)c2)nc2cc(C(=O)N3CCN(C(=O)c4cccnc4)CC3(C)C)oc12. The standard InChI is InChI=1S/C30H30ClFN4O3/c1-29(2,3)20-14-23(18-8-9-21(31)22(32)13-18)34-24-15-25(39-26(20)24)28(38)36-12-11-35(17-30(36,4)5)27(37)19-7-6-10-33-16-19/h6-10,13-16H,11-12,17H2,1-5H3. The molecule has 4 heterocycles. The fraction of sp³-hybridized carbons (Fsp3) is 0.333. The summed E-state index contributed by atoms with van der Waals surface area (Å²) in [4.78, 5) is 39.0. The molecule has 1 aliphatic heterocycles. The molecule has 0 saturated carbocycles. The second kappa shape index (κ2) is 9.75. The van der Waals surface area contributed by atoms with Gasteiger partial charge in [0.1, 0.15) is 11.3 Å². The Bertz CT molecular complexity index is 1580. The van der Waals surface area contributed by atoms with E-state index in [1.54, 1.807) is 46.5 Å². The lowest BCUT2D eigenvalue weighted by Gasteiger charge is -2.46. The van der Waals surface area contributed by atoms with Gasteiger partial charge in [-0.1, -0.05) is 38.4 Å². The van der Waals surface area contributed by atoms with Gasteiger partial charge in [-0.2, -0.15) is 0 Å². The summed E-state index contributed by atoms with van der Waals surface area (Å²) in [5.74, 6) is -0.745. The lowest BCUT2D eigenvalue weighted by atomic mass is 9.86. The molecule has 202 valence electrons. The minimum absolute atomic E-state index is 0.0388. The monoisotopic (exact) mass is 548 g/mol. The summed E-state index contributed by atoms with van der Waals surface area (Å²) in [7, 11) is 0. The van der Waals surface area contributed by atoms with Crippen molar-refractivity contribution in [2.24, 2.45) is 0 Å². The van der Waals surface area contributed by atoms with Crippen molar-refractivity contribution >= 4 is 34.5 Å². The molecule has 1 fully saturated rings. The summed E-state index contributed by atoms with van der Waals surface area (Å²) >= 11 is 5.88. The van der Waals surface area contributed by atoms with Crippen LogP contribution in [0.15, 0.2) is 59.3 Å². The minimum atomic E-state index is -0.640. The van der Waals surface area contributed by atoms with E-state index in [0.717, 1.165) is 5.56 Å². The van der Waals surface area contributed by atoms with Crippen LogP contribution in [-0.4, -0.2) is 56.8 Å². The number of carbonyl (C=O) groups excluding carboxylic acids is 2. The van der Waals surface area contributed by atoms with E-state index in [2.05, 4.69) is 4.98 Å². The number of nitrogens with zero attached hydrogens (tertiary/aromatic N) is 4. The quantitative estimate of drug-likeness (QED) is 0.298. The number of benzene rings is 1. The number of piperazine rings is 1. The van der Waals surface area contributed by atoms with Crippen LogP contribution in [0.3, 0.4) is 0 Å². The maximum Gasteiger partial charge on any atom is 0.290 e. The average Bonchev–Trinajstić information content (AvgIpc) is 3.32. The maximum atomic E-state index is 14.2. The number of furan rings is 1. The van der Waals surface area contributed by atoms with Gasteiger partial charge in [0, 0.05) is 49.2 Å². The molecule has 0 bridgehead atoms. The number of hydrogen-bond donors (Lipinski definition) is 0. The van der Waals surface area contributed by atoms with E-state index in [0.29, 0.717) is 47.6 Å². The number of aromatic nitrogens is 2. The van der Waals surface area contributed by atoms with Crippen molar-refractivity contribution in [1.29, 1.82) is 0 Å². The summed E-state index contributed by atoms with van der Waals surface area (Å²) in [6.07, 6.45) is 3.18. The van der Waals surface area contributed by atoms with Crippen molar-refractivity contribution in [2.45, 2.75) is 45.6 Å². The molecule has 0 spiro atoms. The van der Waals surface area contributed by atoms with E-state index in [4.69, 9.17) is 21.0 Å². The van der Waals surface area contributed by atoms with Gasteiger partial charge in [-0.15, -0.1) is 0 Å². The third-order valence-corrected chi connectivity index (χ3v) is 7.36. The molecule has 1 aromatic carbocycles. The number of hydrogen-bond acceptors (Lipinski definition) is 5. The molecule has 1 aliphatic rings. The van der Waals surface area contributed by atoms with Gasteiger partial charge in [0.15, 0.2) is 11.3 Å². The van der Waals surface area contributed by atoms with Crippen LogP contribution in [-0.2, 0) is 5.41 Å². The van der Waals surface area contributed by atoms with Crippen molar-refractivity contribution in [3.05, 3.63) is 82.6 Å². The van der Waals surface area contributed by atoms with Gasteiger partial charge < -0.3 is 14.2 Å². The van der Waals surface area contributed by atoms with E-state index in [1.807, 2.05) is 40.7 Å². The smallest absolute Gasteiger partial charge is 0.290 e. The molecule has 39 heavy (non-hydrogen) atoms. The topological polar surface area (TPSA) is 79.5 Å². The van der Waals surface area contributed by atoms with E-state index in [9.17, 15) is 14.0 Å². The van der Waals surface area contributed by atoms with Crippen molar-refractivity contribution in [3.8, 4) is 11.3 Å². The maximum absolute atomic E-state index is 14.2. The van der Waals surface area contributed by atoms with Crippen molar-refractivity contribution in [2.75, 3.05) is 19.6 Å². The third-order valence-electron chi connectivity index (χ3n) is 7.06. The Balaban J connectivity index is 1.47. The van der Waals surface area contributed by atoms with Gasteiger partial charge in [0.2, 0.25) is 0 Å². The highest BCUT2D eigenvalue weighted by Crippen LogP contribution is 2.36. The molecule has 0 radical (unpaired) electrons. The highest BCUT2D eigenvalue weighted by atomic mass is 35.5. The van der Waals surface area contributed by atoms with Crippen molar-refractivity contribution in [1.82, 2.24) is 19.8 Å². The summed E-state index contributed by atoms with van der Waals surface area (Å²) in [5.41, 5.74) is 2.56. The second-order valence-electron chi connectivity index (χ2n) is 11.5. The van der Waals surface area contributed by atoms with Crippen molar-refractivity contribution in [3.63, 3.8) is 0 Å². The van der Waals surface area contributed by atoms with Crippen LogP contribution >= 0.6 is 11.6 Å². The van der Waals surface area contributed by atoms with Crippen LogP contribution in [0.25, 0.3) is 22.4 Å². The Hall–Kier alpha value is -3.78. The number of rotatable bonds is 3. The molecule has 0 atom stereocenters. The van der Waals surface area contributed by atoms with Crippen LogP contribution in [0.1, 0.15) is 61.1 Å². The van der Waals surface area contributed by atoms with Crippen LogP contribution in [0, 0.1) is 5.82 Å². The first kappa shape index (κ1) is 26.8. The first-order valence-electron chi connectivity index (χ1n) is 12.8. The Labute approximate surface area is 231 Å². The highest BCUT2D eigenvalue weighted by molar-refractivity contribution is 6.30. The molecule has 0 unspecified atom stereocenters. The normalized spacial score (nSPS) is 15.6. The fourth-order valence-corrected chi connectivity index (χ4v) is 5.11. The fourth-order valence-electron chi connectivity index (χ4n) is 5.00. The van der Waals surface area contributed by atoms with Crippen LogP contribution in [0.2, 0.25) is 5.02 Å². The zero-order valence-corrected chi connectivity index (χ0v) is 23.3. The molecule has 7 nitrogen and oxygen atoms in total. The van der Waals surface area contributed by atoms with Gasteiger partial charge in [0.05, 0.1) is 21.8 Å². The van der Waals surface area contributed by atoms with E-state index in [-0.39, 0.29) is 28.0 Å². The van der Waals surface area contributed by atoms with E-state index in [1.165, 1.54) is 12.1 Å². The largest absolute Gasteiger partial charge is 0.449 e. The van der Waals surface area contributed by atoms with Crippen LogP contribution < -0.4 is 0 Å². The molecule has 2 amide bonds. The first-order chi connectivity index (χ1) is 18.3. The Kier molecular flexibility index (Phi) is 6.71. The van der Waals surface area contributed by atoms with Gasteiger partial charge in [-0.25, -0.2) is 9.37 Å². The summed E-state index contributed by atoms with van der Waals surface area (Å²) in [5, 5.41) is 0.0388. The summed E-state index contributed by atoms with van der Waals surface area (Å²) < 4.78 is 20.4. The molecule has 3 aromatic heterocycles. The molecule has 9 heteroatoms. The van der Waals surface area contributed by atoms with Gasteiger partial charge >= 0.3 is 0 Å². The number of fused-ring (bicyclic) bond motifs is 1. The second-order valence-corrected chi connectivity index (χ2v) is 11.9. The zero-order valence-electron chi connectivity index (χ0n) is 22.6. The molecule has 0 N–H and O–H groups in total. The molecule has 1 saturated heterocycles. The minimum Gasteiger partial charge on any atom is -0.449 e.